The summed E-state index contributed by atoms with van der Waals surface area (Å²) in [6, 6.07) is 11.1. The zero-order valence-electron chi connectivity index (χ0n) is 17.3. The SMILES string of the molecule is COCCNC(=O)[C@@H]1Cc2cc([N+](=O)[O-])ccc2N2CCN(c3ccc(F)cc3)C[C@H]12. The van der Waals surface area contributed by atoms with Crippen molar-refractivity contribution in [3.63, 3.8) is 0 Å². The smallest absolute Gasteiger partial charge is 0.269 e. The first-order valence-electron chi connectivity index (χ1n) is 10.3. The number of rotatable bonds is 6. The van der Waals surface area contributed by atoms with Crippen LogP contribution in [0, 0.1) is 21.8 Å². The molecule has 9 heteroatoms. The number of nitrogens with zero attached hydrogens (tertiary/aromatic N) is 3. The Bertz CT molecular complexity index is 968. The summed E-state index contributed by atoms with van der Waals surface area (Å²) in [5, 5.41) is 14.2. The predicted octanol–water partition coefficient (Wildman–Crippen LogP) is 2.36. The second-order valence-electron chi connectivity index (χ2n) is 7.85. The third-order valence-electron chi connectivity index (χ3n) is 6.04. The summed E-state index contributed by atoms with van der Waals surface area (Å²) in [5.41, 5.74) is 2.69. The van der Waals surface area contributed by atoms with Gasteiger partial charge in [-0.1, -0.05) is 0 Å². The lowest BCUT2D eigenvalue weighted by Gasteiger charge is -2.49. The van der Waals surface area contributed by atoms with Crippen molar-refractivity contribution in [2.75, 3.05) is 49.7 Å². The molecule has 0 spiro atoms. The van der Waals surface area contributed by atoms with E-state index in [9.17, 15) is 19.3 Å². The molecule has 2 atom stereocenters. The molecular weight excluding hydrogens is 403 g/mol. The Balaban J connectivity index is 1.63. The van der Waals surface area contributed by atoms with Gasteiger partial charge in [0.2, 0.25) is 5.91 Å². The maximum absolute atomic E-state index is 13.4. The minimum absolute atomic E-state index is 0.0284. The van der Waals surface area contributed by atoms with Gasteiger partial charge in [-0.05, 0) is 42.3 Å². The fraction of sp³-hybridized carbons (Fsp3) is 0.409. The molecule has 0 unspecified atom stereocenters. The summed E-state index contributed by atoms with van der Waals surface area (Å²) in [6.07, 6.45) is 0.425. The second-order valence-corrected chi connectivity index (χ2v) is 7.85. The first-order valence-corrected chi connectivity index (χ1v) is 10.3. The highest BCUT2D eigenvalue weighted by Crippen LogP contribution is 2.38. The van der Waals surface area contributed by atoms with Crippen molar-refractivity contribution in [2.45, 2.75) is 12.5 Å². The number of ether oxygens (including phenoxy) is 1. The summed E-state index contributed by atoms with van der Waals surface area (Å²) in [6.45, 7) is 2.79. The molecule has 1 amide bonds. The molecule has 2 aromatic rings. The van der Waals surface area contributed by atoms with Crippen LogP contribution in [0.5, 0.6) is 0 Å². The highest BCUT2D eigenvalue weighted by atomic mass is 19.1. The lowest BCUT2D eigenvalue weighted by Crippen LogP contribution is -2.61. The minimum Gasteiger partial charge on any atom is -0.383 e. The predicted molar refractivity (Wildman–Crippen MR) is 115 cm³/mol. The van der Waals surface area contributed by atoms with Crippen LogP contribution in [0.3, 0.4) is 0 Å². The van der Waals surface area contributed by atoms with Crippen LogP contribution in [0.25, 0.3) is 0 Å². The van der Waals surface area contributed by atoms with Crippen molar-refractivity contribution < 1.29 is 18.8 Å². The van der Waals surface area contributed by atoms with Crippen LogP contribution < -0.4 is 15.1 Å². The lowest BCUT2D eigenvalue weighted by atomic mass is 9.83. The molecule has 0 aliphatic carbocycles. The van der Waals surface area contributed by atoms with E-state index in [1.165, 1.54) is 18.2 Å². The summed E-state index contributed by atoms with van der Waals surface area (Å²) >= 11 is 0. The number of halogens is 1. The fourth-order valence-electron chi connectivity index (χ4n) is 4.52. The molecule has 0 aromatic heterocycles. The molecule has 0 bridgehead atoms. The Kier molecular flexibility index (Phi) is 6.03. The van der Waals surface area contributed by atoms with Gasteiger partial charge in [-0.15, -0.1) is 0 Å². The van der Waals surface area contributed by atoms with Crippen molar-refractivity contribution in [1.29, 1.82) is 0 Å². The Morgan fingerprint density at radius 2 is 2.03 bits per heavy atom. The van der Waals surface area contributed by atoms with E-state index < -0.39 is 4.92 Å². The van der Waals surface area contributed by atoms with Crippen LogP contribution in [0.15, 0.2) is 42.5 Å². The fourth-order valence-corrected chi connectivity index (χ4v) is 4.52. The van der Waals surface area contributed by atoms with Crippen LogP contribution in [0.2, 0.25) is 0 Å². The van der Waals surface area contributed by atoms with Gasteiger partial charge in [0.1, 0.15) is 5.82 Å². The number of hydrogen-bond acceptors (Lipinski definition) is 6. The third kappa shape index (κ3) is 4.32. The van der Waals surface area contributed by atoms with Gasteiger partial charge in [0, 0.05) is 56.8 Å². The monoisotopic (exact) mass is 428 g/mol. The van der Waals surface area contributed by atoms with Crippen LogP contribution in [0.1, 0.15) is 5.56 Å². The molecule has 0 saturated carbocycles. The van der Waals surface area contributed by atoms with E-state index >= 15 is 0 Å². The molecule has 1 fully saturated rings. The summed E-state index contributed by atoms with van der Waals surface area (Å²) in [7, 11) is 1.57. The van der Waals surface area contributed by atoms with Crippen molar-refractivity contribution in [3.05, 3.63) is 64.0 Å². The molecule has 2 aliphatic rings. The average Bonchev–Trinajstić information content (AvgIpc) is 2.78. The van der Waals surface area contributed by atoms with Gasteiger partial charge in [0.25, 0.3) is 5.69 Å². The number of carbonyl (C=O) groups excluding carboxylic acids is 1. The number of anilines is 2. The van der Waals surface area contributed by atoms with E-state index in [2.05, 4.69) is 15.1 Å². The zero-order valence-corrected chi connectivity index (χ0v) is 17.3. The molecule has 31 heavy (non-hydrogen) atoms. The van der Waals surface area contributed by atoms with E-state index in [1.54, 1.807) is 31.4 Å². The van der Waals surface area contributed by atoms with Gasteiger partial charge in [-0.3, -0.25) is 14.9 Å². The minimum atomic E-state index is -0.410. The van der Waals surface area contributed by atoms with E-state index in [0.717, 1.165) is 16.9 Å². The van der Waals surface area contributed by atoms with Crippen molar-refractivity contribution in [2.24, 2.45) is 5.92 Å². The number of piperazine rings is 1. The molecule has 8 nitrogen and oxygen atoms in total. The number of hydrogen-bond donors (Lipinski definition) is 1. The summed E-state index contributed by atoms with van der Waals surface area (Å²) in [4.78, 5) is 28.2. The topological polar surface area (TPSA) is 87.9 Å². The molecule has 1 N–H and O–H groups in total. The van der Waals surface area contributed by atoms with Crippen LogP contribution >= 0.6 is 0 Å². The Morgan fingerprint density at radius 3 is 2.74 bits per heavy atom. The van der Waals surface area contributed by atoms with Gasteiger partial charge in [0.05, 0.1) is 23.5 Å². The molecule has 1 saturated heterocycles. The van der Waals surface area contributed by atoms with Gasteiger partial charge >= 0.3 is 0 Å². The standard InChI is InChI=1S/C22H25FN4O4/c1-31-11-8-24-22(28)19-13-15-12-18(27(29)30)6-7-20(15)26-10-9-25(14-21(19)26)17-4-2-16(23)3-5-17/h2-7,12,19,21H,8-11,13-14H2,1H3,(H,24,28)/t19-,21-/m1/s1. The molecule has 2 aromatic carbocycles. The largest absolute Gasteiger partial charge is 0.383 e. The number of nitrogens with one attached hydrogen (secondary N) is 1. The number of nitro benzene ring substituents is 1. The molecule has 2 heterocycles. The molecular formula is C22H25FN4O4. The first kappa shape index (κ1) is 21.0. The maximum Gasteiger partial charge on any atom is 0.269 e. The Labute approximate surface area is 179 Å². The molecule has 4 rings (SSSR count). The number of methoxy groups -OCH3 is 1. The van der Waals surface area contributed by atoms with Crippen LogP contribution in [0.4, 0.5) is 21.5 Å². The van der Waals surface area contributed by atoms with E-state index in [0.29, 0.717) is 39.2 Å². The highest BCUT2D eigenvalue weighted by molar-refractivity contribution is 5.82. The Hall–Kier alpha value is -3.20. The molecule has 2 aliphatic heterocycles. The number of benzene rings is 2. The number of amides is 1. The average molecular weight is 428 g/mol. The van der Waals surface area contributed by atoms with Crippen molar-refractivity contribution in [1.82, 2.24) is 5.32 Å². The zero-order chi connectivity index (χ0) is 22.0. The molecule has 164 valence electrons. The van der Waals surface area contributed by atoms with Gasteiger partial charge in [-0.2, -0.15) is 0 Å². The number of nitro groups is 1. The quantitative estimate of drug-likeness (QED) is 0.432. The van der Waals surface area contributed by atoms with E-state index in [1.807, 2.05) is 0 Å². The second kappa shape index (κ2) is 8.89. The lowest BCUT2D eigenvalue weighted by molar-refractivity contribution is -0.384. The van der Waals surface area contributed by atoms with E-state index in [4.69, 9.17) is 4.74 Å². The maximum atomic E-state index is 13.4. The highest BCUT2D eigenvalue weighted by Gasteiger charge is 2.42. The third-order valence-corrected chi connectivity index (χ3v) is 6.04. The summed E-state index contributed by atoms with van der Waals surface area (Å²) < 4.78 is 18.4. The number of non-ortho nitro benzene ring substituents is 1. The summed E-state index contributed by atoms with van der Waals surface area (Å²) in [5.74, 6) is -0.745. The normalized spacial score (nSPS) is 20.1. The number of carbonyl (C=O) groups is 1. The first-order chi connectivity index (χ1) is 15.0. The van der Waals surface area contributed by atoms with Gasteiger partial charge in [0.15, 0.2) is 0 Å². The molecule has 0 radical (unpaired) electrons. The van der Waals surface area contributed by atoms with Gasteiger partial charge in [-0.25, -0.2) is 4.39 Å². The number of fused-ring (bicyclic) bond motifs is 3. The van der Waals surface area contributed by atoms with E-state index in [-0.39, 0.29) is 29.4 Å². The Morgan fingerprint density at radius 1 is 1.26 bits per heavy atom. The van der Waals surface area contributed by atoms with Crippen molar-refractivity contribution in [3.8, 4) is 0 Å². The van der Waals surface area contributed by atoms with Gasteiger partial charge < -0.3 is 19.9 Å². The van der Waals surface area contributed by atoms with Crippen LogP contribution in [-0.2, 0) is 16.0 Å². The van der Waals surface area contributed by atoms with Crippen molar-refractivity contribution >= 4 is 23.0 Å². The van der Waals surface area contributed by atoms with Crippen LogP contribution in [-0.4, -0.2) is 56.8 Å².